The van der Waals surface area contributed by atoms with Crippen molar-refractivity contribution in [2.45, 2.75) is 25.3 Å². The van der Waals surface area contributed by atoms with Gasteiger partial charge in [0.15, 0.2) is 0 Å². The van der Waals surface area contributed by atoms with Gasteiger partial charge in [0.05, 0.1) is 6.61 Å². The number of methoxy groups -OCH3 is 1. The van der Waals surface area contributed by atoms with Gasteiger partial charge >= 0.3 is 0 Å². The van der Waals surface area contributed by atoms with Crippen molar-refractivity contribution in [3.8, 4) is 0 Å². The summed E-state index contributed by atoms with van der Waals surface area (Å²) in [4.78, 5) is 8.01. The second kappa shape index (κ2) is 6.20. The molecule has 0 amide bonds. The van der Waals surface area contributed by atoms with Gasteiger partial charge in [0.2, 0.25) is 0 Å². The summed E-state index contributed by atoms with van der Waals surface area (Å²) in [5, 5.41) is 3.33. The summed E-state index contributed by atoms with van der Waals surface area (Å²) < 4.78 is 5.01. The molecule has 0 radical (unpaired) electrons. The molecular formula is C16H21N3O. The fourth-order valence-corrected chi connectivity index (χ4v) is 2.82. The van der Waals surface area contributed by atoms with Crippen molar-refractivity contribution in [1.82, 2.24) is 15.3 Å². The van der Waals surface area contributed by atoms with E-state index in [0.717, 1.165) is 44.1 Å². The Morgan fingerprint density at radius 2 is 2.05 bits per heavy atom. The lowest BCUT2D eigenvalue weighted by Gasteiger charge is -2.05. The van der Waals surface area contributed by atoms with E-state index in [1.54, 1.807) is 7.11 Å². The van der Waals surface area contributed by atoms with Crippen LogP contribution in [-0.2, 0) is 24.1 Å². The van der Waals surface area contributed by atoms with Gasteiger partial charge in [-0.3, -0.25) is 0 Å². The first-order chi connectivity index (χ1) is 9.86. The molecule has 0 aliphatic heterocycles. The smallest absolute Gasteiger partial charge is 0.110 e. The predicted octanol–water partition coefficient (Wildman–Crippen LogP) is 2.03. The summed E-state index contributed by atoms with van der Waals surface area (Å²) in [6.45, 7) is 2.41. The number of aromatic amines is 1. The van der Waals surface area contributed by atoms with E-state index >= 15 is 0 Å². The van der Waals surface area contributed by atoms with Gasteiger partial charge in [0, 0.05) is 38.0 Å². The van der Waals surface area contributed by atoms with Crippen LogP contribution in [-0.4, -0.2) is 30.2 Å². The van der Waals surface area contributed by atoms with Crippen molar-refractivity contribution in [3.05, 3.63) is 53.1 Å². The summed E-state index contributed by atoms with van der Waals surface area (Å²) >= 11 is 0. The zero-order valence-electron chi connectivity index (χ0n) is 11.9. The van der Waals surface area contributed by atoms with Crippen LogP contribution in [0.15, 0.2) is 30.5 Å². The van der Waals surface area contributed by atoms with Crippen molar-refractivity contribution in [3.63, 3.8) is 0 Å². The Morgan fingerprint density at radius 3 is 2.75 bits per heavy atom. The van der Waals surface area contributed by atoms with Crippen molar-refractivity contribution < 1.29 is 4.74 Å². The SMILES string of the molecule is COCCNCc1cnc(C2Cc3ccccc3C2)[nH]1. The first-order valence-corrected chi connectivity index (χ1v) is 7.17. The third-order valence-corrected chi connectivity index (χ3v) is 3.88. The Hall–Kier alpha value is -1.65. The van der Waals surface area contributed by atoms with E-state index in [1.807, 2.05) is 6.20 Å². The molecule has 0 unspecified atom stereocenters. The fourth-order valence-electron chi connectivity index (χ4n) is 2.82. The molecule has 3 rings (SSSR count). The molecule has 4 heteroatoms. The first-order valence-electron chi connectivity index (χ1n) is 7.17. The number of benzene rings is 1. The molecule has 0 spiro atoms. The van der Waals surface area contributed by atoms with E-state index in [0.29, 0.717) is 5.92 Å². The molecule has 1 aliphatic rings. The van der Waals surface area contributed by atoms with Gasteiger partial charge in [-0.1, -0.05) is 24.3 Å². The highest BCUT2D eigenvalue weighted by Crippen LogP contribution is 2.32. The molecule has 0 atom stereocenters. The molecule has 106 valence electrons. The Bertz CT molecular complexity index is 539. The minimum atomic E-state index is 0.500. The van der Waals surface area contributed by atoms with E-state index in [9.17, 15) is 0 Å². The molecule has 1 aromatic carbocycles. The van der Waals surface area contributed by atoms with Gasteiger partial charge in [-0.25, -0.2) is 4.98 Å². The molecule has 2 N–H and O–H groups in total. The van der Waals surface area contributed by atoms with E-state index in [2.05, 4.69) is 39.6 Å². The number of ether oxygens (including phenoxy) is 1. The zero-order chi connectivity index (χ0) is 13.8. The van der Waals surface area contributed by atoms with Crippen LogP contribution in [0.1, 0.15) is 28.6 Å². The van der Waals surface area contributed by atoms with Crippen molar-refractivity contribution >= 4 is 0 Å². The number of nitrogens with one attached hydrogen (secondary N) is 2. The summed E-state index contributed by atoms with van der Waals surface area (Å²) in [6.07, 6.45) is 4.14. The van der Waals surface area contributed by atoms with Gasteiger partial charge in [-0.05, 0) is 24.0 Å². The fraction of sp³-hybridized carbons (Fsp3) is 0.438. The number of rotatable bonds is 6. The van der Waals surface area contributed by atoms with E-state index in [4.69, 9.17) is 4.74 Å². The topological polar surface area (TPSA) is 49.9 Å². The second-order valence-corrected chi connectivity index (χ2v) is 5.34. The Balaban J connectivity index is 1.58. The lowest BCUT2D eigenvalue weighted by molar-refractivity contribution is 0.199. The van der Waals surface area contributed by atoms with Crippen LogP contribution in [0.3, 0.4) is 0 Å². The summed E-state index contributed by atoms with van der Waals surface area (Å²) in [5.74, 6) is 1.62. The largest absolute Gasteiger partial charge is 0.383 e. The highest BCUT2D eigenvalue weighted by molar-refractivity contribution is 5.35. The average molecular weight is 271 g/mol. The summed E-state index contributed by atoms with van der Waals surface area (Å²) in [6, 6.07) is 8.69. The highest BCUT2D eigenvalue weighted by Gasteiger charge is 2.24. The Morgan fingerprint density at radius 1 is 1.30 bits per heavy atom. The number of aromatic nitrogens is 2. The van der Waals surface area contributed by atoms with E-state index in [1.165, 1.54) is 11.1 Å². The van der Waals surface area contributed by atoms with Crippen molar-refractivity contribution in [1.29, 1.82) is 0 Å². The van der Waals surface area contributed by atoms with E-state index in [-0.39, 0.29) is 0 Å². The second-order valence-electron chi connectivity index (χ2n) is 5.34. The Kier molecular flexibility index (Phi) is 4.14. The van der Waals surface area contributed by atoms with E-state index < -0.39 is 0 Å². The summed E-state index contributed by atoms with van der Waals surface area (Å²) in [5.41, 5.74) is 4.08. The van der Waals surface area contributed by atoms with Crippen LogP contribution in [0.25, 0.3) is 0 Å². The van der Waals surface area contributed by atoms with Crippen LogP contribution in [0.2, 0.25) is 0 Å². The highest BCUT2D eigenvalue weighted by atomic mass is 16.5. The van der Waals surface area contributed by atoms with Crippen LogP contribution < -0.4 is 5.32 Å². The number of fused-ring (bicyclic) bond motifs is 1. The first kappa shape index (κ1) is 13.3. The third-order valence-electron chi connectivity index (χ3n) is 3.88. The minimum absolute atomic E-state index is 0.500. The van der Waals surface area contributed by atoms with Gasteiger partial charge in [-0.15, -0.1) is 0 Å². The maximum atomic E-state index is 5.01. The molecule has 1 heterocycles. The van der Waals surface area contributed by atoms with Crippen molar-refractivity contribution in [2.75, 3.05) is 20.3 Å². The van der Waals surface area contributed by atoms with Crippen molar-refractivity contribution in [2.24, 2.45) is 0 Å². The minimum Gasteiger partial charge on any atom is -0.383 e. The van der Waals surface area contributed by atoms with Crippen LogP contribution in [0.5, 0.6) is 0 Å². The van der Waals surface area contributed by atoms with Gasteiger partial charge in [-0.2, -0.15) is 0 Å². The standard InChI is InChI=1S/C16H21N3O/c1-20-7-6-17-10-15-11-18-16(19-15)14-8-12-4-2-3-5-13(12)9-14/h2-5,11,14,17H,6-10H2,1H3,(H,18,19). The van der Waals surface area contributed by atoms with Crippen LogP contribution in [0, 0.1) is 0 Å². The number of imidazole rings is 1. The molecule has 0 fully saturated rings. The third kappa shape index (κ3) is 2.92. The molecule has 20 heavy (non-hydrogen) atoms. The van der Waals surface area contributed by atoms with Gasteiger partial charge < -0.3 is 15.0 Å². The Labute approximate surface area is 119 Å². The zero-order valence-corrected chi connectivity index (χ0v) is 11.9. The molecule has 0 saturated carbocycles. The quantitative estimate of drug-likeness (QED) is 0.790. The molecular weight excluding hydrogens is 250 g/mol. The van der Waals surface area contributed by atoms with Gasteiger partial charge in [0.1, 0.15) is 5.82 Å². The average Bonchev–Trinajstić information content (AvgIpc) is 3.09. The maximum absolute atomic E-state index is 5.01. The number of nitrogens with zero attached hydrogens (tertiary/aromatic N) is 1. The van der Waals surface area contributed by atoms with Gasteiger partial charge in [0.25, 0.3) is 0 Å². The molecule has 1 aromatic heterocycles. The lowest BCUT2D eigenvalue weighted by Crippen LogP contribution is -2.18. The van der Waals surface area contributed by atoms with Crippen LogP contribution in [0.4, 0.5) is 0 Å². The molecule has 1 aliphatic carbocycles. The lowest BCUT2D eigenvalue weighted by atomic mass is 10.1. The molecule has 0 bridgehead atoms. The maximum Gasteiger partial charge on any atom is 0.110 e. The molecule has 0 saturated heterocycles. The van der Waals surface area contributed by atoms with Crippen LogP contribution >= 0.6 is 0 Å². The monoisotopic (exact) mass is 271 g/mol. The summed E-state index contributed by atoms with van der Waals surface area (Å²) in [7, 11) is 1.72. The normalized spacial score (nSPS) is 14.7. The molecule has 2 aromatic rings. The number of H-pyrrole nitrogens is 1. The molecule has 4 nitrogen and oxygen atoms in total. The number of hydrogen-bond donors (Lipinski definition) is 2. The number of hydrogen-bond acceptors (Lipinski definition) is 3. The predicted molar refractivity (Wildman–Crippen MR) is 78.8 cm³/mol.